The van der Waals surface area contributed by atoms with Gasteiger partial charge in [-0.25, -0.2) is 4.57 Å². The van der Waals surface area contributed by atoms with Gasteiger partial charge in [0, 0.05) is 6.92 Å². The average Bonchev–Trinajstić information content (AvgIpc) is 1.19. The Balaban J connectivity index is -0.00000000785. The summed E-state index contributed by atoms with van der Waals surface area (Å²) >= 11 is 0. The van der Waals surface area contributed by atoms with E-state index in [1.807, 2.05) is 0 Å². The molecule has 0 spiro atoms. The van der Waals surface area contributed by atoms with E-state index in [4.69, 9.17) is 29.1 Å². The first-order valence-corrected chi connectivity index (χ1v) is 3.28. The van der Waals surface area contributed by atoms with Gasteiger partial charge in [0.2, 0.25) is 0 Å². The number of hydrogen-bond acceptors (Lipinski definition) is 4. The first-order chi connectivity index (χ1) is 3.73. The number of carboxylic acid groups (broad SMARTS) is 1. The summed E-state index contributed by atoms with van der Waals surface area (Å²) in [5.74, 6) is -0.833. The standard InChI is InChI=1S/C2H4O2.2H3N.4Na.H3O4P.4H/c1-2(3)4;;;;;;;1-5(2,3)4;;;;/h1H3,(H,3,4);2*1H3;;;;;(H3,1,2,3,4);;;;. The monoisotopic (exact) mass is 288 g/mol. The third kappa shape index (κ3) is 343. The van der Waals surface area contributed by atoms with E-state index in [9.17, 15) is 0 Å². The van der Waals surface area contributed by atoms with Gasteiger partial charge in [0.15, 0.2) is 0 Å². The van der Waals surface area contributed by atoms with Gasteiger partial charge in [-0.3, -0.25) is 4.79 Å². The van der Waals surface area contributed by atoms with E-state index in [1.54, 1.807) is 0 Å². The molecule has 0 radical (unpaired) electrons. The molecule has 0 fully saturated rings. The summed E-state index contributed by atoms with van der Waals surface area (Å²) in [4.78, 5) is 30.6. The van der Waals surface area contributed by atoms with E-state index >= 15 is 0 Å². The summed E-state index contributed by atoms with van der Waals surface area (Å²) < 4.78 is 8.88. The first-order valence-electron chi connectivity index (χ1n) is 1.71. The summed E-state index contributed by atoms with van der Waals surface area (Å²) in [6.07, 6.45) is 0. The Labute approximate surface area is 177 Å². The van der Waals surface area contributed by atoms with Crippen LogP contribution in [0.2, 0.25) is 0 Å². The SMILES string of the molecule is CC(=O)O.N.N.O=P(O)(O)O.[NaH].[NaH].[NaH].[NaH]. The van der Waals surface area contributed by atoms with Crippen molar-refractivity contribution in [1.29, 1.82) is 0 Å². The second-order valence-electron chi connectivity index (χ2n) is 1.03. The van der Waals surface area contributed by atoms with Crippen LogP contribution in [0.4, 0.5) is 0 Å². The molecule has 15 heavy (non-hydrogen) atoms. The summed E-state index contributed by atoms with van der Waals surface area (Å²) in [6.45, 7) is 1.08. The summed E-state index contributed by atoms with van der Waals surface area (Å²) in [7, 11) is -4.64. The van der Waals surface area contributed by atoms with E-state index in [0.717, 1.165) is 6.92 Å². The van der Waals surface area contributed by atoms with E-state index < -0.39 is 13.8 Å². The van der Waals surface area contributed by atoms with Crippen LogP contribution < -0.4 is 12.3 Å². The van der Waals surface area contributed by atoms with Gasteiger partial charge in [0.25, 0.3) is 5.97 Å². The molecule has 8 nitrogen and oxygen atoms in total. The van der Waals surface area contributed by atoms with Crippen LogP contribution in [0.15, 0.2) is 0 Å². The van der Waals surface area contributed by atoms with Crippen LogP contribution in [0.3, 0.4) is 0 Å². The molecule has 0 heterocycles. The van der Waals surface area contributed by atoms with Crippen LogP contribution >= 0.6 is 7.82 Å². The fraction of sp³-hybridized carbons (Fsp3) is 0.500. The Bertz CT molecular complexity index is 131. The molecule has 0 aliphatic rings. The number of hydrogen-bond donors (Lipinski definition) is 6. The quantitative estimate of drug-likeness (QED) is 0.200. The minimum absolute atomic E-state index is 0. The molecule has 0 rings (SSSR count). The predicted molar refractivity (Wildman–Crippen MR) is 66.2 cm³/mol. The number of carboxylic acids is 1. The van der Waals surface area contributed by atoms with Crippen molar-refractivity contribution in [3.63, 3.8) is 0 Å². The number of aliphatic carboxylic acids is 1. The molecule has 0 amide bonds. The third-order valence-electron chi connectivity index (χ3n) is 0. The van der Waals surface area contributed by atoms with Crippen molar-refractivity contribution in [3.05, 3.63) is 0 Å². The van der Waals surface area contributed by atoms with Crippen molar-refractivity contribution in [3.8, 4) is 0 Å². The molecule has 0 aromatic heterocycles. The Morgan fingerprint density at radius 3 is 0.933 bits per heavy atom. The topological polar surface area (TPSA) is 185 Å². The van der Waals surface area contributed by atoms with Crippen molar-refractivity contribution >= 4 is 132 Å². The summed E-state index contributed by atoms with van der Waals surface area (Å²) in [5.41, 5.74) is 0. The first kappa shape index (κ1) is 51.4. The van der Waals surface area contributed by atoms with E-state index in [-0.39, 0.29) is 131 Å². The van der Waals surface area contributed by atoms with Crippen molar-refractivity contribution < 1.29 is 29.1 Å². The van der Waals surface area contributed by atoms with Crippen LogP contribution in [0, 0.1) is 0 Å². The Hall–Kier alpha value is 3.50. The second kappa shape index (κ2) is 30.5. The molecular weight excluding hydrogens is 271 g/mol. The van der Waals surface area contributed by atoms with Crippen LogP contribution in [-0.4, -0.2) is 144 Å². The summed E-state index contributed by atoms with van der Waals surface area (Å²) in [5, 5.41) is 7.42. The van der Waals surface area contributed by atoms with Gasteiger partial charge in [-0.05, 0) is 0 Å². The Morgan fingerprint density at radius 1 is 0.933 bits per heavy atom. The molecule has 0 saturated carbocycles. The van der Waals surface area contributed by atoms with Gasteiger partial charge in [-0.15, -0.1) is 0 Å². The molecule has 0 aromatic carbocycles. The zero-order valence-corrected chi connectivity index (χ0v) is 6.86. The molecule has 0 bridgehead atoms. The van der Waals surface area contributed by atoms with Gasteiger partial charge in [0.1, 0.15) is 0 Å². The van der Waals surface area contributed by atoms with Crippen LogP contribution in [0.5, 0.6) is 0 Å². The van der Waals surface area contributed by atoms with Crippen LogP contribution in [0.25, 0.3) is 0 Å². The molecule has 0 atom stereocenters. The van der Waals surface area contributed by atoms with Gasteiger partial charge < -0.3 is 32.1 Å². The molecule has 80 valence electrons. The van der Waals surface area contributed by atoms with Crippen molar-refractivity contribution in [2.75, 3.05) is 0 Å². The molecule has 13 heteroatoms. The van der Waals surface area contributed by atoms with Crippen LogP contribution in [-0.2, 0) is 9.36 Å². The predicted octanol–water partition coefficient (Wildman–Crippen LogP) is -3.11. The molecule has 0 aromatic rings. The molecule has 10 N–H and O–H groups in total. The molecule has 0 aliphatic carbocycles. The maximum atomic E-state index is 9.00. The Kier molecular flexibility index (Phi) is 104. The average molecular weight is 288 g/mol. The number of phosphoric acid groups is 1. The van der Waals surface area contributed by atoms with E-state index in [1.165, 1.54) is 0 Å². The van der Waals surface area contributed by atoms with Gasteiger partial charge >= 0.3 is 126 Å². The van der Waals surface area contributed by atoms with E-state index in [2.05, 4.69) is 0 Å². The van der Waals surface area contributed by atoms with Gasteiger partial charge in [-0.2, -0.15) is 0 Å². The zero-order valence-electron chi connectivity index (χ0n) is 5.97. The van der Waals surface area contributed by atoms with Crippen molar-refractivity contribution in [2.45, 2.75) is 6.92 Å². The third-order valence-corrected chi connectivity index (χ3v) is 0. The zero-order chi connectivity index (χ0) is 8.08. The molecule has 0 aliphatic heterocycles. The van der Waals surface area contributed by atoms with Crippen molar-refractivity contribution in [1.82, 2.24) is 12.3 Å². The molecule has 0 unspecified atom stereocenters. The van der Waals surface area contributed by atoms with Gasteiger partial charge in [-0.1, -0.05) is 0 Å². The number of carbonyl (C=O) groups is 1. The van der Waals surface area contributed by atoms with Gasteiger partial charge in [0.05, 0.1) is 0 Å². The summed E-state index contributed by atoms with van der Waals surface area (Å²) in [6, 6.07) is 0. The second-order valence-corrected chi connectivity index (χ2v) is 2.06. The Morgan fingerprint density at radius 2 is 0.933 bits per heavy atom. The minimum atomic E-state index is -4.64. The fourth-order valence-electron chi connectivity index (χ4n) is 0. The molecular formula is C2H17N2Na4O6P. The van der Waals surface area contributed by atoms with E-state index in [0.29, 0.717) is 0 Å². The normalized spacial score (nSPS) is 5.60. The number of rotatable bonds is 0. The van der Waals surface area contributed by atoms with Crippen molar-refractivity contribution in [2.24, 2.45) is 0 Å². The maximum absolute atomic E-state index is 9.00. The fourth-order valence-corrected chi connectivity index (χ4v) is 0. The van der Waals surface area contributed by atoms with Crippen LogP contribution in [0.1, 0.15) is 6.92 Å². The molecule has 0 saturated heterocycles.